The van der Waals surface area contributed by atoms with Crippen molar-refractivity contribution in [1.82, 2.24) is 15.5 Å². The van der Waals surface area contributed by atoms with Gasteiger partial charge < -0.3 is 25.0 Å². The first-order valence-electron chi connectivity index (χ1n) is 9.60. The van der Waals surface area contributed by atoms with Crippen LogP contribution in [0.3, 0.4) is 0 Å². The van der Waals surface area contributed by atoms with E-state index in [2.05, 4.69) is 27.4 Å². The highest BCUT2D eigenvalue weighted by Crippen LogP contribution is 2.17. The Labute approximate surface area is 163 Å². The molecule has 0 aromatic heterocycles. The molecule has 1 rings (SSSR count). The molecule has 0 aliphatic rings. The first-order valence-corrected chi connectivity index (χ1v) is 9.60. The molecular weight excluding hydrogens is 347 g/mol. The predicted molar refractivity (Wildman–Crippen MR) is 109 cm³/mol. The number of benzene rings is 1. The van der Waals surface area contributed by atoms with E-state index in [1.54, 1.807) is 7.05 Å². The lowest BCUT2D eigenvalue weighted by Crippen LogP contribution is -2.42. The van der Waals surface area contributed by atoms with Crippen molar-refractivity contribution in [2.45, 2.75) is 25.8 Å². The Balaban J connectivity index is 2.27. The van der Waals surface area contributed by atoms with E-state index in [1.165, 1.54) is 12.1 Å². The number of hydrogen-bond acceptors (Lipinski definition) is 4. The van der Waals surface area contributed by atoms with Crippen molar-refractivity contribution in [1.29, 1.82) is 0 Å². The molecule has 0 saturated heterocycles. The van der Waals surface area contributed by atoms with Gasteiger partial charge >= 0.3 is 0 Å². The molecule has 0 spiro atoms. The van der Waals surface area contributed by atoms with Crippen molar-refractivity contribution in [2.24, 2.45) is 4.99 Å². The number of guanidine groups is 1. The minimum absolute atomic E-state index is 0.112. The summed E-state index contributed by atoms with van der Waals surface area (Å²) in [6.07, 6.45) is 2.24. The number of aliphatic imine (C=N–C) groups is 1. The van der Waals surface area contributed by atoms with Crippen LogP contribution in [0.2, 0.25) is 0 Å². The molecular formula is C20H35FN4O2. The van der Waals surface area contributed by atoms with E-state index >= 15 is 0 Å². The van der Waals surface area contributed by atoms with E-state index in [1.807, 2.05) is 26.2 Å². The normalized spacial score (nSPS) is 13.0. The van der Waals surface area contributed by atoms with Gasteiger partial charge in [0.2, 0.25) is 0 Å². The van der Waals surface area contributed by atoms with Crippen LogP contribution >= 0.6 is 0 Å². The molecule has 0 aliphatic heterocycles. The Kier molecular flexibility index (Phi) is 12.4. The highest BCUT2D eigenvalue weighted by molar-refractivity contribution is 5.79. The van der Waals surface area contributed by atoms with Crippen LogP contribution in [0.1, 0.15) is 31.4 Å². The van der Waals surface area contributed by atoms with Crippen molar-refractivity contribution >= 4 is 5.96 Å². The van der Waals surface area contributed by atoms with Crippen LogP contribution in [-0.2, 0) is 9.47 Å². The summed E-state index contributed by atoms with van der Waals surface area (Å²) in [5, 5.41) is 6.54. The summed E-state index contributed by atoms with van der Waals surface area (Å²) < 4.78 is 24.1. The van der Waals surface area contributed by atoms with Crippen LogP contribution in [0.4, 0.5) is 4.39 Å². The Bertz CT molecular complexity index is 523. The van der Waals surface area contributed by atoms with E-state index in [-0.39, 0.29) is 11.9 Å². The van der Waals surface area contributed by atoms with Crippen molar-refractivity contribution in [3.63, 3.8) is 0 Å². The van der Waals surface area contributed by atoms with Gasteiger partial charge in [-0.2, -0.15) is 0 Å². The zero-order chi connectivity index (χ0) is 19.9. The van der Waals surface area contributed by atoms with Gasteiger partial charge in [-0.25, -0.2) is 4.39 Å². The Morgan fingerprint density at radius 1 is 1.07 bits per heavy atom. The molecule has 0 bridgehead atoms. The smallest absolute Gasteiger partial charge is 0.191 e. The van der Waals surface area contributed by atoms with Gasteiger partial charge in [-0.3, -0.25) is 4.99 Å². The van der Waals surface area contributed by atoms with Crippen LogP contribution in [0, 0.1) is 5.82 Å². The van der Waals surface area contributed by atoms with E-state index in [0.717, 1.165) is 25.0 Å². The number of unbranched alkanes of at least 4 members (excludes halogenated alkanes) is 1. The standard InChI is InChI=1S/C20H35FN4O2/c1-5-6-12-26-14-15-27-13-11-23-20(22-2)24-16-19(25(3)4)17-7-9-18(21)10-8-17/h7-10,19H,5-6,11-16H2,1-4H3,(H2,22,23,24). The fraction of sp³-hybridized carbons (Fsp3) is 0.650. The average molecular weight is 383 g/mol. The fourth-order valence-electron chi connectivity index (χ4n) is 2.51. The van der Waals surface area contributed by atoms with E-state index in [4.69, 9.17) is 9.47 Å². The van der Waals surface area contributed by atoms with Crippen LogP contribution < -0.4 is 10.6 Å². The minimum Gasteiger partial charge on any atom is -0.379 e. The third-order valence-corrected chi connectivity index (χ3v) is 4.12. The van der Waals surface area contributed by atoms with Gasteiger partial charge in [0.15, 0.2) is 5.96 Å². The maximum Gasteiger partial charge on any atom is 0.191 e. The molecule has 0 radical (unpaired) electrons. The van der Waals surface area contributed by atoms with Crippen LogP contribution in [0.5, 0.6) is 0 Å². The number of nitrogens with one attached hydrogen (secondary N) is 2. The molecule has 0 saturated carbocycles. The number of ether oxygens (including phenoxy) is 2. The van der Waals surface area contributed by atoms with Crippen molar-refractivity contribution < 1.29 is 13.9 Å². The molecule has 0 fully saturated rings. The molecule has 6 nitrogen and oxygen atoms in total. The lowest BCUT2D eigenvalue weighted by molar-refractivity contribution is 0.0487. The summed E-state index contributed by atoms with van der Waals surface area (Å²) in [6, 6.07) is 6.72. The van der Waals surface area contributed by atoms with Gasteiger partial charge in [0.05, 0.1) is 25.9 Å². The number of halogens is 1. The lowest BCUT2D eigenvalue weighted by atomic mass is 10.1. The van der Waals surface area contributed by atoms with E-state index in [9.17, 15) is 4.39 Å². The summed E-state index contributed by atoms with van der Waals surface area (Å²) in [5.41, 5.74) is 1.05. The topological polar surface area (TPSA) is 58.1 Å². The summed E-state index contributed by atoms with van der Waals surface area (Å²) >= 11 is 0. The van der Waals surface area contributed by atoms with Gasteiger partial charge in [-0.05, 0) is 38.2 Å². The fourth-order valence-corrected chi connectivity index (χ4v) is 2.51. The molecule has 0 amide bonds. The second-order valence-electron chi connectivity index (χ2n) is 6.49. The maximum absolute atomic E-state index is 13.1. The van der Waals surface area contributed by atoms with Gasteiger partial charge in [0.25, 0.3) is 0 Å². The highest BCUT2D eigenvalue weighted by atomic mass is 19.1. The van der Waals surface area contributed by atoms with Crippen molar-refractivity contribution in [3.8, 4) is 0 Å². The first-order chi connectivity index (χ1) is 13.1. The molecule has 154 valence electrons. The highest BCUT2D eigenvalue weighted by Gasteiger charge is 2.14. The quantitative estimate of drug-likeness (QED) is 0.312. The SMILES string of the molecule is CCCCOCCOCCNC(=NC)NCC(c1ccc(F)cc1)N(C)C. The molecule has 1 aromatic rings. The maximum atomic E-state index is 13.1. The Morgan fingerprint density at radius 3 is 2.33 bits per heavy atom. The lowest BCUT2D eigenvalue weighted by Gasteiger charge is -2.26. The first kappa shape index (κ1) is 23.3. The van der Waals surface area contributed by atoms with E-state index < -0.39 is 0 Å². The minimum atomic E-state index is -0.225. The summed E-state index contributed by atoms with van der Waals surface area (Å²) in [7, 11) is 5.74. The second kappa shape index (κ2) is 14.4. The third kappa shape index (κ3) is 10.3. The molecule has 27 heavy (non-hydrogen) atoms. The van der Waals surface area contributed by atoms with Gasteiger partial charge in [-0.1, -0.05) is 25.5 Å². The number of likely N-dealkylation sites (N-methyl/N-ethyl adjacent to an activating group) is 1. The Morgan fingerprint density at radius 2 is 1.74 bits per heavy atom. The zero-order valence-corrected chi connectivity index (χ0v) is 17.1. The van der Waals surface area contributed by atoms with Crippen LogP contribution in [-0.4, -0.2) is 71.5 Å². The van der Waals surface area contributed by atoms with Crippen molar-refractivity contribution in [3.05, 3.63) is 35.6 Å². The molecule has 1 aromatic carbocycles. The molecule has 2 N–H and O–H groups in total. The van der Waals surface area contributed by atoms with Crippen molar-refractivity contribution in [2.75, 3.05) is 60.7 Å². The third-order valence-electron chi connectivity index (χ3n) is 4.12. The van der Waals surface area contributed by atoms with Gasteiger partial charge in [0, 0.05) is 26.7 Å². The summed E-state index contributed by atoms with van der Waals surface area (Å²) in [5.74, 6) is 0.490. The second-order valence-corrected chi connectivity index (χ2v) is 6.49. The number of hydrogen-bond donors (Lipinski definition) is 2. The Hall–Kier alpha value is -1.70. The molecule has 0 aliphatic carbocycles. The molecule has 7 heteroatoms. The molecule has 0 heterocycles. The summed E-state index contributed by atoms with van der Waals surface area (Å²) in [4.78, 5) is 6.32. The summed E-state index contributed by atoms with van der Waals surface area (Å²) in [6.45, 7) is 6.09. The average Bonchev–Trinajstić information content (AvgIpc) is 2.66. The van der Waals surface area contributed by atoms with Crippen LogP contribution in [0.25, 0.3) is 0 Å². The number of nitrogens with zero attached hydrogens (tertiary/aromatic N) is 2. The van der Waals surface area contributed by atoms with Gasteiger partial charge in [0.1, 0.15) is 5.82 Å². The largest absolute Gasteiger partial charge is 0.379 e. The van der Waals surface area contributed by atoms with Gasteiger partial charge in [-0.15, -0.1) is 0 Å². The predicted octanol–water partition coefficient (Wildman–Crippen LogP) is 2.43. The van der Waals surface area contributed by atoms with E-state index in [0.29, 0.717) is 38.9 Å². The zero-order valence-electron chi connectivity index (χ0n) is 17.1. The molecule has 1 atom stereocenters. The monoisotopic (exact) mass is 382 g/mol. The number of rotatable bonds is 13. The van der Waals surface area contributed by atoms with Crippen LogP contribution in [0.15, 0.2) is 29.3 Å². The molecule has 1 unspecified atom stereocenters.